The Labute approximate surface area is 224 Å². The number of rotatable bonds is 7. The molecular formula is C34H44N2O. The highest BCUT2D eigenvalue weighted by Crippen LogP contribution is 2.39. The van der Waals surface area contributed by atoms with E-state index in [2.05, 4.69) is 110 Å². The van der Waals surface area contributed by atoms with Crippen molar-refractivity contribution in [2.24, 2.45) is 5.92 Å². The first-order chi connectivity index (χ1) is 17.9. The summed E-state index contributed by atoms with van der Waals surface area (Å²) < 4.78 is 5.80. The molecule has 0 spiro atoms. The summed E-state index contributed by atoms with van der Waals surface area (Å²) in [6.45, 7) is 7.64. The largest absolute Gasteiger partial charge is 0.496 e. The maximum atomic E-state index is 5.80. The smallest absolute Gasteiger partial charge is 0.123 e. The molecular weight excluding hydrogens is 452 g/mol. The first kappa shape index (κ1) is 26.0. The van der Waals surface area contributed by atoms with Crippen molar-refractivity contribution >= 4 is 0 Å². The van der Waals surface area contributed by atoms with Crippen molar-refractivity contribution in [1.82, 2.24) is 10.6 Å². The Morgan fingerprint density at radius 3 is 2.16 bits per heavy atom. The Morgan fingerprint density at radius 1 is 0.892 bits per heavy atom. The van der Waals surface area contributed by atoms with Crippen LogP contribution in [0.25, 0.3) is 0 Å². The van der Waals surface area contributed by atoms with Gasteiger partial charge in [-0.15, -0.1) is 0 Å². The van der Waals surface area contributed by atoms with Gasteiger partial charge in [-0.2, -0.15) is 0 Å². The highest BCUT2D eigenvalue weighted by atomic mass is 16.5. The fraction of sp³-hybridized carbons (Fsp3) is 0.471. The Balaban J connectivity index is 1.48. The lowest BCUT2D eigenvalue weighted by Crippen LogP contribution is -2.61. The molecule has 4 unspecified atom stereocenters. The summed E-state index contributed by atoms with van der Waals surface area (Å²) in [4.78, 5) is 0. The van der Waals surface area contributed by atoms with Crippen LogP contribution in [-0.4, -0.2) is 25.2 Å². The van der Waals surface area contributed by atoms with Crippen molar-refractivity contribution in [2.45, 2.75) is 88.9 Å². The monoisotopic (exact) mass is 496 g/mol. The van der Waals surface area contributed by atoms with E-state index < -0.39 is 0 Å². The normalized spacial score (nSPS) is 24.0. The first-order valence-electron chi connectivity index (χ1n) is 14.2. The molecule has 2 fully saturated rings. The van der Waals surface area contributed by atoms with Crippen LogP contribution in [0.2, 0.25) is 0 Å². The third-order valence-electron chi connectivity index (χ3n) is 8.68. The fourth-order valence-corrected chi connectivity index (χ4v) is 6.64. The molecule has 3 aromatic carbocycles. The second-order valence-corrected chi connectivity index (χ2v) is 12.1. The van der Waals surface area contributed by atoms with Crippen molar-refractivity contribution in [1.29, 1.82) is 0 Å². The quantitative estimate of drug-likeness (QED) is 0.363. The number of nitrogens with one attached hydrogen (secondary N) is 2. The molecule has 0 aromatic heterocycles. The van der Waals surface area contributed by atoms with Gasteiger partial charge in [0.2, 0.25) is 0 Å². The molecule has 1 aliphatic carbocycles. The van der Waals surface area contributed by atoms with Crippen LogP contribution in [-0.2, 0) is 12.0 Å². The third kappa shape index (κ3) is 5.94. The number of piperidine rings is 1. The summed E-state index contributed by atoms with van der Waals surface area (Å²) in [5.41, 5.74) is 5.48. The summed E-state index contributed by atoms with van der Waals surface area (Å²) in [7, 11) is 1.79. The molecule has 2 aliphatic rings. The van der Waals surface area contributed by atoms with E-state index in [0.29, 0.717) is 24.0 Å². The Bertz CT molecular complexity index is 1100. The van der Waals surface area contributed by atoms with Gasteiger partial charge in [0.1, 0.15) is 5.75 Å². The molecule has 196 valence electrons. The maximum Gasteiger partial charge on any atom is 0.123 e. The van der Waals surface area contributed by atoms with Crippen LogP contribution in [0.5, 0.6) is 5.75 Å². The van der Waals surface area contributed by atoms with Gasteiger partial charge >= 0.3 is 0 Å². The zero-order valence-corrected chi connectivity index (χ0v) is 23.0. The summed E-state index contributed by atoms with van der Waals surface area (Å²) in [6, 6.07) is 30.2. The minimum atomic E-state index is 0.108. The van der Waals surface area contributed by atoms with Gasteiger partial charge in [0.25, 0.3) is 0 Å². The molecule has 3 nitrogen and oxygen atoms in total. The Morgan fingerprint density at radius 2 is 1.54 bits per heavy atom. The first-order valence-corrected chi connectivity index (χ1v) is 14.2. The number of hydrogen-bond donors (Lipinski definition) is 2. The van der Waals surface area contributed by atoms with E-state index in [9.17, 15) is 0 Å². The van der Waals surface area contributed by atoms with E-state index in [-0.39, 0.29) is 5.41 Å². The fourth-order valence-electron chi connectivity index (χ4n) is 6.64. The van der Waals surface area contributed by atoms with Crippen LogP contribution in [0.1, 0.15) is 81.0 Å². The van der Waals surface area contributed by atoms with Gasteiger partial charge in [-0.3, -0.25) is 0 Å². The van der Waals surface area contributed by atoms with Crippen LogP contribution in [0.4, 0.5) is 0 Å². The lowest BCUT2D eigenvalue weighted by Gasteiger charge is -2.48. The number of ether oxygens (including phenoxy) is 1. The second-order valence-electron chi connectivity index (χ2n) is 12.1. The van der Waals surface area contributed by atoms with Gasteiger partial charge in [-0.05, 0) is 53.4 Å². The van der Waals surface area contributed by atoms with Gasteiger partial charge < -0.3 is 15.4 Å². The zero-order valence-electron chi connectivity index (χ0n) is 23.0. The minimum absolute atomic E-state index is 0.108. The van der Waals surface area contributed by atoms with Crippen molar-refractivity contribution in [3.63, 3.8) is 0 Å². The standard InChI is InChI=1S/C34H44N2O/c1-34(2,3)28-19-20-31(37-4)27(21-28)23-35-30-22-26-17-11-12-18-29(26)36-33(30)32(24-13-7-5-8-14-24)25-15-9-6-10-16-25/h5-10,13-16,19-21,26,29-30,32-33,35-36H,11-12,17-18,22-23H2,1-4H3. The van der Waals surface area contributed by atoms with Crippen LogP contribution >= 0.6 is 0 Å². The topological polar surface area (TPSA) is 33.3 Å². The van der Waals surface area contributed by atoms with E-state index in [1.165, 1.54) is 54.4 Å². The summed E-state index contributed by atoms with van der Waals surface area (Å²) in [6.07, 6.45) is 6.57. The number of hydrogen-bond acceptors (Lipinski definition) is 3. The van der Waals surface area contributed by atoms with Crippen LogP contribution in [0, 0.1) is 5.92 Å². The molecule has 1 heterocycles. The predicted molar refractivity (Wildman–Crippen MR) is 154 cm³/mol. The molecule has 3 aromatic rings. The van der Waals surface area contributed by atoms with Crippen molar-refractivity contribution < 1.29 is 4.74 Å². The molecule has 0 amide bonds. The molecule has 37 heavy (non-hydrogen) atoms. The van der Waals surface area contributed by atoms with E-state index >= 15 is 0 Å². The molecule has 0 radical (unpaired) electrons. The summed E-state index contributed by atoms with van der Waals surface area (Å²) in [5.74, 6) is 2.02. The molecule has 1 saturated heterocycles. The Kier molecular flexibility index (Phi) is 8.02. The van der Waals surface area contributed by atoms with Crippen LogP contribution in [0.15, 0.2) is 78.9 Å². The molecule has 3 heteroatoms. The zero-order chi connectivity index (χ0) is 25.8. The predicted octanol–water partition coefficient (Wildman–Crippen LogP) is 7.20. The number of benzene rings is 3. The van der Waals surface area contributed by atoms with Gasteiger partial charge in [0.15, 0.2) is 0 Å². The van der Waals surface area contributed by atoms with Crippen molar-refractivity contribution in [3.8, 4) is 5.75 Å². The summed E-state index contributed by atoms with van der Waals surface area (Å²) in [5, 5.41) is 8.26. The second kappa shape index (κ2) is 11.4. The SMILES string of the molecule is COc1ccc(C(C)(C)C)cc1CNC1CC2CCCCC2NC1C(c1ccccc1)c1ccccc1. The highest BCUT2D eigenvalue weighted by Gasteiger charge is 2.41. The Hall–Kier alpha value is -2.62. The minimum Gasteiger partial charge on any atom is -0.496 e. The summed E-state index contributed by atoms with van der Waals surface area (Å²) >= 11 is 0. The van der Waals surface area contributed by atoms with E-state index in [4.69, 9.17) is 4.74 Å². The lowest BCUT2D eigenvalue weighted by atomic mass is 9.71. The lowest BCUT2D eigenvalue weighted by molar-refractivity contribution is 0.132. The van der Waals surface area contributed by atoms with E-state index in [1.807, 2.05) is 0 Å². The van der Waals surface area contributed by atoms with Gasteiger partial charge in [-0.25, -0.2) is 0 Å². The van der Waals surface area contributed by atoms with E-state index in [0.717, 1.165) is 18.2 Å². The molecule has 0 bridgehead atoms. The average molecular weight is 497 g/mol. The molecule has 1 saturated carbocycles. The maximum absolute atomic E-state index is 5.80. The van der Waals surface area contributed by atoms with Gasteiger partial charge in [-0.1, -0.05) is 106 Å². The van der Waals surface area contributed by atoms with Crippen LogP contribution in [0.3, 0.4) is 0 Å². The molecule has 1 aliphatic heterocycles. The molecule has 2 N–H and O–H groups in total. The number of fused-ring (bicyclic) bond motifs is 1. The number of methoxy groups -OCH3 is 1. The van der Waals surface area contributed by atoms with Gasteiger partial charge in [0.05, 0.1) is 7.11 Å². The van der Waals surface area contributed by atoms with Crippen molar-refractivity contribution in [3.05, 3.63) is 101 Å². The molecule has 5 rings (SSSR count). The van der Waals surface area contributed by atoms with Crippen LogP contribution < -0.4 is 15.4 Å². The molecule has 4 atom stereocenters. The van der Waals surface area contributed by atoms with E-state index in [1.54, 1.807) is 7.11 Å². The third-order valence-corrected chi connectivity index (χ3v) is 8.68. The van der Waals surface area contributed by atoms with Crippen molar-refractivity contribution in [2.75, 3.05) is 7.11 Å². The van der Waals surface area contributed by atoms with Gasteiger partial charge in [0, 0.05) is 36.2 Å². The average Bonchev–Trinajstić information content (AvgIpc) is 2.92. The highest BCUT2D eigenvalue weighted by molar-refractivity contribution is 5.40.